The zero-order valence-electron chi connectivity index (χ0n) is 19.8. The summed E-state index contributed by atoms with van der Waals surface area (Å²) in [5.41, 5.74) is 5.05. The summed E-state index contributed by atoms with van der Waals surface area (Å²) in [5.74, 6) is -1.69. The van der Waals surface area contributed by atoms with Gasteiger partial charge in [-0.15, -0.1) is 0 Å². The van der Waals surface area contributed by atoms with Crippen molar-refractivity contribution >= 4 is 46.9 Å². The quantitative estimate of drug-likeness (QED) is 0.308. The van der Waals surface area contributed by atoms with Crippen molar-refractivity contribution < 1.29 is 19.5 Å². The Hall–Kier alpha value is -4.04. The van der Waals surface area contributed by atoms with E-state index in [2.05, 4.69) is 19.2 Å². The van der Waals surface area contributed by atoms with Gasteiger partial charge in [-0.3, -0.25) is 19.8 Å². The molecule has 2 heterocycles. The molecule has 178 valence electrons. The van der Waals surface area contributed by atoms with Gasteiger partial charge in [0.1, 0.15) is 5.57 Å². The van der Waals surface area contributed by atoms with E-state index in [4.69, 9.17) is 17.3 Å². The molecule has 2 aromatic carbocycles. The van der Waals surface area contributed by atoms with Crippen molar-refractivity contribution in [3.63, 3.8) is 0 Å². The molecule has 0 spiro atoms. The maximum absolute atomic E-state index is 13.4. The highest BCUT2D eigenvalue weighted by atomic mass is 32.1. The van der Waals surface area contributed by atoms with Crippen LogP contribution < -0.4 is 10.2 Å². The van der Waals surface area contributed by atoms with Gasteiger partial charge in [0.05, 0.1) is 11.3 Å². The smallest absolute Gasteiger partial charge is 0.335 e. The number of carboxylic acid groups (broad SMARTS) is 1. The summed E-state index contributed by atoms with van der Waals surface area (Å²) in [6.07, 6.45) is 1.57. The number of aromatic carboxylic acids is 1. The van der Waals surface area contributed by atoms with E-state index in [1.165, 1.54) is 17.0 Å². The number of carboxylic acids is 1. The second-order valence-electron chi connectivity index (χ2n) is 8.72. The molecule has 1 aliphatic rings. The highest BCUT2D eigenvalue weighted by Gasteiger charge is 2.34. The van der Waals surface area contributed by atoms with Gasteiger partial charge in [0, 0.05) is 17.1 Å². The van der Waals surface area contributed by atoms with Gasteiger partial charge in [0.25, 0.3) is 11.8 Å². The number of benzene rings is 2. The van der Waals surface area contributed by atoms with Gasteiger partial charge in [-0.25, -0.2) is 4.79 Å². The van der Waals surface area contributed by atoms with Crippen molar-refractivity contribution in [3.05, 3.63) is 88.2 Å². The number of nitrogens with one attached hydrogen (secondary N) is 1. The number of amides is 2. The van der Waals surface area contributed by atoms with Crippen LogP contribution in [-0.2, 0) is 9.59 Å². The molecular formula is C27H25N3O4S. The van der Waals surface area contributed by atoms with E-state index in [0.717, 1.165) is 22.6 Å². The lowest BCUT2D eigenvalue weighted by molar-refractivity contribution is -0.122. The fourth-order valence-corrected chi connectivity index (χ4v) is 4.42. The van der Waals surface area contributed by atoms with E-state index in [9.17, 15) is 14.4 Å². The van der Waals surface area contributed by atoms with Crippen molar-refractivity contribution in [1.29, 1.82) is 0 Å². The third-order valence-electron chi connectivity index (χ3n) is 6.06. The number of thiocarbonyl (C=S) groups is 1. The summed E-state index contributed by atoms with van der Waals surface area (Å²) in [7, 11) is 0. The molecule has 8 heteroatoms. The molecule has 2 amide bonds. The maximum atomic E-state index is 13.4. The Balaban J connectivity index is 1.71. The zero-order valence-corrected chi connectivity index (χ0v) is 20.6. The standard InChI is InChI=1S/C27H25N3O4S/c1-15(2)18-5-9-22(10-6-18)30-25(32)23(24(31)28-27(30)35)14-20-13-16(3)29(17(20)4)21-11-7-19(8-12-21)26(33)34/h5-15H,1-4H3,(H,33,34)(H,28,31,35)/b23-14+. The highest BCUT2D eigenvalue weighted by Crippen LogP contribution is 2.27. The first-order valence-corrected chi connectivity index (χ1v) is 11.5. The van der Waals surface area contributed by atoms with Crippen LogP contribution in [0.3, 0.4) is 0 Å². The summed E-state index contributed by atoms with van der Waals surface area (Å²) in [5, 5.41) is 11.8. The Kier molecular flexibility index (Phi) is 6.41. The maximum Gasteiger partial charge on any atom is 0.335 e. The Morgan fingerprint density at radius 3 is 2.17 bits per heavy atom. The number of anilines is 1. The van der Waals surface area contributed by atoms with Gasteiger partial charge in [-0.2, -0.15) is 0 Å². The number of hydrogen-bond acceptors (Lipinski definition) is 4. The molecule has 3 aromatic rings. The molecule has 0 aliphatic carbocycles. The van der Waals surface area contributed by atoms with Crippen LogP contribution in [0.1, 0.15) is 52.6 Å². The molecule has 1 aromatic heterocycles. The van der Waals surface area contributed by atoms with Gasteiger partial charge >= 0.3 is 5.97 Å². The van der Waals surface area contributed by atoms with E-state index in [0.29, 0.717) is 17.2 Å². The van der Waals surface area contributed by atoms with Crippen molar-refractivity contribution in [2.45, 2.75) is 33.6 Å². The first kappa shape index (κ1) is 24.1. The number of nitrogens with zero attached hydrogens (tertiary/aromatic N) is 2. The minimum atomic E-state index is -0.994. The van der Waals surface area contributed by atoms with Crippen LogP contribution in [-0.4, -0.2) is 32.6 Å². The second-order valence-corrected chi connectivity index (χ2v) is 9.10. The van der Waals surface area contributed by atoms with Crippen molar-refractivity contribution in [1.82, 2.24) is 9.88 Å². The van der Waals surface area contributed by atoms with E-state index in [1.807, 2.05) is 48.7 Å². The predicted octanol–water partition coefficient (Wildman–Crippen LogP) is 4.75. The molecular weight excluding hydrogens is 462 g/mol. The molecule has 0 unspecified atom stereocenters. The van der Waals surface area contributed by atoms with Crippen LogP contribution in [0.25, 0.3) is 11.8 Å². The predicted molar refractivity (Wildman–Crippen MR) is 139 cm³/mol. The number of aryl methyl sites for hydroxylation is 1. The van der Waals surface area contributed by atoms with Crippen LogP contribution >= 0.6 is 12.2 Å². The topological polar surface area (TPSA) is 91.6 Å². The molecule has 7 nitrogen and oxygen atoms in total. The minimum absolute atomic E-state index is 0.0204. The summed E-state index contributed by atoms with van der Waals surface area (Å²) >= 11 is 5.31. The SMILES string of the molecule is Cc1cc(/C=C2\C(=O)NC(=S)N(c3ccc(C(C)C)cc3)C2=O)c(C)n1-c1ccc(C(=O)O)cc1. The zero-order chi connectivity index (χ0) is 25.4. The Labute approximate surface area is 208 Å². The third kappa shape index (κ3) is 4.52. The Bertz CT molecular complexity index is 1380. The average molecular weight is 488 g/mol. The largest absolute Gasteiger partial charge is 0.478 e. The van der Waals surface area contributed by atoms with E-state index in [-0.39, 0.29) is 16.2 Å². The molecule has 2 N–H and O–H groups in total. The first-order chi connectivity index (χ1) is 16.6. The fourth-order valence-electron chi connectivity index (χ4n) is 4.14. The lowest BCUT2D eigenvalue weighted by atomic mass is 10.0. The first-order valence-electron chi connectivity index (χ1n) is 11.1. The van der Waals surface area contributed by atoms with Gasteiger partial charge in [0.2, 0.25) is 0 Å². The molecule has 1 aliphatic heterocycles. The number of hydrogen-bond donors (Lipinski definition) is 2. The fraction of sp³-hybridized carbons (Fsp3) is 0.185. The van der Waals surface area contributed by atoms with Crippen molar-refractivity contribution in [2.75, 3.05) is 4.90 Å². The number of carbonyl (C=O) groups is 3. The number of aromatic nitrogens is 1. The third-order valence-corrected chi connectivity index (χ3v) is 6.35. The van der Waals surface area contributed by atoms with E-state index in [1.54, 1.807) is 18.2 Å². The van der Waals surface area contributed by atoms with Gasteiger partial charge in [0.15, 0.2) is 5.11 Å². The highest BCUT2D eigenvalue weighted by molar-refractivity contribution is 7.80. The molecule has 0 bridgehead atoms. The Morgan fingerprint density at radius 2 is 1.60 bits per heavy atom. The molecule has 0 radical (unpaired) electrons. The average Bonchev–Trinajstić information content (AvgIpc) is 3.09. The monoisotopic (exact) mass is 487 g/mol. The molecule has 0 atom stereocenters. The van der Waals surface area contributed by atoms with Crippen molar-refractivity contribution in [2.24, 2.45) is 0 Å². The minimum Gasteiger partial charge on any atom is -0.478 e. The van der Waals surface area contributed by atoms with Gasteiger partial charge in [-0.05, 0) is 91.7 Å². The van der Waals surface area contributed by atoms with Crippen LogP contribution in [0.2, 0.25) is 0 Å². The normalized spacial score (nSPS) is 15.2. The lowest BCUT2D eigenvalue weighted by Crippen LogP contribution is -2.54. The summed E-state index contributed by atoms with van der Waals surface area (Å²) < 4.78 is 1.94. The van der Waals surface area contributed by atoms with E-state index >= 15 is 0 Å². The van der Waals surface area contributed by atoms with Gasteiger partial charge < -0.3 is 9.67 Å². The Morgan fingerprint density at radius 1 is 1.00 bits per heavy atom. The summed E-state index contributed by atoms with van der Waals surface area (Å²) in [4.78, 5) is 38.6. The van der Waals surface area contributed by atoms with Crippen LogP contribution in [0, 0.1) is 13.8 Å². The second kappa shape index (κ2) is 9.31. The lowest BCUT2D eigenvalue weighted by Gasteiger charge is -2.29. The van der Waals surface area contributed by atoms with Crippen LogP contribution in [0.15, 0.2) is 60.2 Å². The molecule has 35 heavy (non-hydrogen) atoms. The van der Waals surface area contributed by atoms with Gasteiger partial charge in [-0.1, -0.05) is 26.0 Å². The molecule has 1 fully saturated rings. The molecule has 4 rings (SSSR count). The summed E-state index contributed by atoms with van der Waals surface area (Å²) in [6.45, 7) is 7.96. The van der Waals surface area contributed by atoms with Crippen LogP contribution in [0.5, 0.6) is 0 Å². The van der Waals surface area contributed by atoms with E-state index < -0.39 is 17.8 Å². The number of carbonyl (C=O) groups excluding carboxylic acids is 2. The molecule has 0 saturated carbocycles. The molecule has 1 saturated heterocycles. The summed E-state index contributed by atoms with van der Waals surface area (Å²) in [6, 6.07) is 15.9. The number of rotatable bonds is 5. The van der Waals surface area contributed by atoms with Crippen LogP contribution in [0.4, 0.5) is 5.69 Å². The van der Waals surface area contributed by atoms with Crippen molar-refractivity contribution in [3.8, 4) is 5.69 Å².